The average molecular weight is 281 g/mol. The molecular weight excluding hydrogens is 260 g/mol. The number of benzene rings is 1. The van der Waals surface area contributed by atoms with E-state index in [-0.39, 0.29) is 5.38 Å². The number of aryl methyl sites for hydroxylation is 1. The number of halogens is 1. The largest absolute Gasteiger partial charge is 0.381 e. The van der Waals surface area contributed by atoms with Gasteiger partial charge in [-0.2, -0.15) is 0 Å². The van der Waals surface area contributed by atoms with E-state index >= 15 is 0 Å². The first-order valence-corrected chi connectivity index (χ1v) is 7.34. The number of para-hydroxylation sites is 2. The monoisotopic (exact) mass is 280 g/mol. The van der Waals surface area contributed by atoms with E-state index in [0.717, 1.165) is 49.5 Å². The Hall–Kier alpha value is -1.06. The van der Waals surface area contributed by atoms with E-state index in [9.17, 15) is 0 Å². The third-order valence-corrected chi connectivity index (χ3v) is 3.25. The molecule has 2 aromatic rings. The van der Waals surface area contributed by atoms with Crippen LogP contribution in [0.15, 0.2) is 24.3 Å². The number of hydrogen-bond donors (Lipinski definition) is 0. The van der Waals surface area contributed by atoms with Crippen LogP contribution in [-0.2, 0) is 11.3 Å². The number of aromatic nitrogens is 2. The molecule has 3 nitrogen and oxygen atoms in total. The second kappa shape index (κ2) is 6.92. The topological polar surface area (TPSA) is 27.1 Å². The van der Waals surface area contributed by atoms with Crippen molar-refractivity contribution < 1.29 is 4.74 Å². The second-order valence-electron chi connectivity index (χ2n) is 4.69. The first-order valence-electron chi connectivity index (χ1n) is 6.91. The fourth-order valence-electron chi connectivity index (χ4n) is 2.20. The van der Waals surface area contributed by atoms with Crippen LogP contribution in [0.1, 0.15) is 37.9 Å². The predicted molar refractivity (Wildman–Crippen MR) is 79.7 cm³/mol. The zero-order valence-electron chi connectivity index (χ0n) is 11.6. The Morgan fingerprint density at radius 2 is 2.11 bits per heavy atom. The molecule has 0 aliphatic heterocycles. The molecule has 1 atom stereocenters. The molecule has 0 aliphatic carbocycles. The molecular formula is C15H21ClN2O. The molecule has 0 saturated carbocycles. The summed E-state index contributed by atoms with van der Waals surface area (Å²) in [6.45, 7) is 6.61. The number of rotatable bonds is 7. The summed E-state index contributed by atoms with van der Waals surface area (Å²) in [5.41, 5.74) is 2.17. The van der Waals surface area contributed by atoms with Crippen molar-refractivity contribution in [2.75, 3.05) is 13.2 Å². The molecule has 0 radical (unpaired) electrons. The van der Waals surface area contributed by atoms with Gasteiger partial charge in [-0.3, -0.25) is 0 Å². The van der Waals surface area contributed by atoms with E-state index < -0.39 is 0 Å². The molecule has 0 aliphatic rings. The van der Waals surface area contributed by atoms with Crippen LogP contribution in [0.2, 0.25) is 0 Å². The zero-order chi connectivity index (χ0) is 13.7. The van der Waals surface area contributed by atoms with Crippen LogP contribution in [0.5, 0.6) is 0 Å². The minimum atomic E-state index is -0.0797. The number of alkyl halides is 1. The lowest BCUT2D eigenvalue weighted by Gasteiger charge is -2.10. The Balaban J connectivity index is 2.13. The van der Waals surface area contributed by atoms with Crippen molar-refractivity contribution in [2.45, 2.75) is 38.6 Å². The molecule has 0 saturated heterocycles. The Labute approximate surface area is 119 Å². The molecule has 1 aromatic heterocycles. The summed E-state index contributed by atoms with van der Waals surface area (Å²) in [7, 11) is 0. The average Bonchev–Trinajstić information content (AvgIpc) is 2.78. The molecule has 104 valence electrons. The molecule has 1 aromatic carbocycles. The van der Waals surface area contributed by atoms with E-state index in [1.807, 2.05) is 25.1 Å². The van der Waals surface area contributed by atoms with Crippen molar-refractivity contribution >= 4 is 22.6 Å². The van der Waals surface area contributed by atoms with E-state index in [2.05, 4.69) is 22.5 Å². The lowest BCUT2D eigenvalue weighted by molar-refractivity contribution is 0.129. The number of fused-ring (bicyclic) bond motifs is 1. The standard InChI is InChI=1S/C15H21ClN2O/c1-3-10-19-11-6-9-18-14-8-5-4-7-13(14)17-15(18)12(2)16/h4-5,7-8,12H,3,6,9-11H2,1-2H3. The van der Waals surface area contributed by atoms with Gasteiger partial charge in [-0.15, -0.1) is 11.6 Å². The summed E-state index contributed by atoms with van der Waals surface area (Å²) < 4.78 is 7.74. The lowest BCUT2D eigenvalue weighted by Crippen LogP contribution is -2.07. The van der Waals surface area contributed by atoms with Gasteiger partial charge in [0.05, 0.1) is 16.4 Å². The Morgan fingerprint density at radius 3 is 2.84 bits per heavy atom. The fraction of sp³-hybridized carbons (Fsp3) is 0.533. The van der Waals surface area contributed by atoms with Gasteiger partial charge in [0.2, 0.25) is 0 Å². The Morgan fingerprint density at radius 1 is 1.32 bits per heavy atom. The molecule has 0 bridgehead atoms. The summed E-state index contributed by atoms with van der Waals surface area (Å²) >= 11 is 6.23. The SMILES string of the molecule is CCCOCCCn1c(C(C)Cl)nc2ccccc21. The highest BCUT2D eigenvalue weighted by Gasteiger charge is 2.13. The third-order valence-electron chi connectivity index (χ3n) is 3.06. The highest BCUT2D eigenvalue weighted by molar-refractivity contribution is 6.20. The zero-order valence-corrected chi connectivity index (χ0v) is 12.4. The van der Waals surface area contributed by atoms with Gasteiger partial charge < -0.3 is 9.30 Å². The van der Waals surface area contributed by atoms with Crippen LogP contribution in [0.25, 0.3) is 11.0 Å². The molecule has 0 N–H and O–H groups in total. The maximum Gasteiger partial charge on any atom is 0.127 e. The van der Waals surface area contributed by atoms with Crippen molar-refractivity contribution in [3.63, 3.8) is 0 Å². The predicted octanol–water partition coefficient (Wildman–Crippen LogP) is 4.15. The van der Waals surface area contributed by atoms with Crippen LogP contribution < -0.4 is 0 Å². The molecule has 0 fully saturated rings. The first-order chi connectivity index (χ1) is 9.24. The Kier molecular flexibility index (Phi) is 5.23. The van der Waals surface area contributed by atoms with Crippen LogP contribution in [0, 0.1) is 0 Å². The smallest absolute Gasteiger partial charge is 0.127 e. The highest BCUT2D eigenvalue weighted by Crippen LogP contribution is 2.24. The van der Waals surface area contributed by atoms with Crippen LogP contribution in [-0.4, -0.2) is 22.8 Å². The number of ether oxygens (including phenoxy) is 1. The summed E-state index contributed by atoms with van der Waals surface area (Å²) in [5, 5.41) is -0.0797. The highest BCUT2D eigenvalue weighted by atomic mass is 35.5. The van der Waals surface area contributed by atoms with Crippen LogP contribution in [0.4, 0.5) is 0 Å². The molecule has 19 heavy (non-hydrogen) atoms. The van der Waals surface area contributed by atoms with Gasteiger partial charge in [0.25, 0.3) is 0 Å². The minimum absolute atomic E-state index is 0.0797. The first kappa shape index (κ1) is 14.4. The van der Waals surface area contributed by atoms with Crippen molar-refractivity contribution in [1.29, 1.82) is 0 Å². The molecule has 0 spiro atoms. The maximum absolute atomic E-state index is 6.23. The fourth-order valence-corrected chi connectivity index (χ4v) is 2.37. The third kappa shape index (κ3) is 3.48. The van der Waals surface area contributed by atoms with Gasteiger partial charge in [0.1, 0.15) is 5.82 Å². The quantitative estimate of drug-likeness (QED) is 0.563. The summed E-state index contributed by atoms with van der Waals surface area (Å²) in [5.74, 6) is 0.943. The van der Waals surface area contributed by atoms with E-state index in [0.29, 0.717) is 0 Å². The number of nitrogens with zero attached hydrogens (tertiary/aromatic N) is 2. The minimum Gasteiger partial charge on any atom is -0.381 e. The van der Waals surface area contributed by atoms with Crippen molar-refractivity contribution in [3.05, 3.63) is 30.1 Å². The molecule has 1 heterocycles. The Bertz CT molecular complexity index is 522. The maximum atomic E-state index is 6.23. The van der Waals surface area contributed by atoms with Gasteiger partial charge in [-0.05, 0) is 31.9 Å². The molecule has 2 rings (SSSR count). The van der Waals surface area contributed by atoms with Gasteiger partial charge in [-0.1, -0.05) is 19.1 Å². The molecule has 1 unspecified atom stereocenters. The lowest BCUT2D eigenvalue weighted by atomic mass is 10.3. The summed E-state index contributed by atoms with van der Waals surface area (Å²) in [6, 6.07) is 8.17. The van der Waals surface area contributed by atoms with Gasteiger partial charge in [0, 0.05) is 19.8 Å². The van der Waals surface area contributed by atoms with Crippen molar-refractivity contribution in [3.8, 4) is 0 Å². The number of imidazole rings is 1. The second-order valence-corrected chi connectivity index (χ2v) is 5.35. The summed E-state index contributed by atoms with van der Waals surface area (Å²) in [4.78, 5) is 4.62. The van der Waals surface area contributed by atoms with Crippen LogP contribution in [0.3, 0.4) is 0 Å². The van der Waals surface area contributed by atoms with Crippen molar-refractivity contribution in [1.82, 2.24) is 9.55 Å². The van der Waals surface area contributed by atoms with E-state index in [4.69, 9.17) is 16.3 Å². The normalized spacial score (nSPS) is 13.0. The van der Waals surface area contributed by atoms with Crippen molar-refractivity contribution in [2.24, 2.45) is 0 Å². The van der Waals surface area contributed by atoms with Gasteiger partial charge in [-0.25, -0.2) is 4.98 Å². The molecule has 4 heteroatoms. The van der Waals surface area contributed by atoms with Crippen LogP contribution >= 0.6 is 11.6 Å². The molecule has 0 amide bonds. The van der Waals surface area contributed by atoms with Gasteiger partial charge >= 0.3 is 0 Å². The summed E-state index contributed by atoms with van der Waals surface area (Å²) in [6.07, 6.45) is 2.05. The van der Waals surface area contributed by atoms with Gasteiger partial charge in [0.15, 0.2) is 0 Å². The van der Waals surface area contributed by atoms with E-state index in [1.54, 1.807) is 0 Å². The van der Waals surface area contributed by atoms with E-state index in [1.165, 1.54) is 0 Å². The number of hydrogen-bond acceptors (Lipinski definition) is 2.